The highest BCUT2D eigenvalue weighted by Crippen LogP contribution is 2.25. The molecule has 1 aromatic carbocycles. The molecule has 0 unspecified atom stereocenters. The van der Waals surface area contributed by atoms with Gasteiger partial charge in [0, 0.05) is 18.3 Å². The lowest BCUT2D eigenvalue weighted by atomic mass is 10.1. The summed E-state index contributed by atoms with van der Waals surface area (Å²) in [6.07, 6.45) is 2.94. The van der Waals surface area contributed by atoms with Crippen LogP contribution in [0.2, 0.25) is 0 Å². The third-order valence-corrected chi connectivity index (χ3v) is 3.27. The summed E-state index contributed by atoms with van der Waals surface area (Å²) >= 11 is 0. The van der Waals surface area contributed by atoms with Crippen LogP contribution < -0.4 is 10.5 Å². The van der Waals surface area contributed by atoms with Crippen molar-refractivity contribution in [1.82, 2.24) is 4.90 Å². The Kier molecular flexibility index (Phi) is 4.06. The Morgan fingerprint density at radius 2 is 2.28 bits per heavy atom. The molecule has 4 nitrogen and oxygen atoms in total. The maximum atomic E-state index is 8.70. The summed E-state index contributed by atoms with van der Waals surface area (Å²) in [5, 5.41) is 8.70. The fourth-order valence-electron chi connectivity index (χ4n) is 1.92. The quantitative estimate of drug-likeness (QED) is 0.776. The van der Waals surface area contributed by atoms with Gasteiger partial charge in [-0.3, -0.25) is 0 Å². The van der Waals surface area contributed by atoms with Gasteiger partial charge in [0.2, 0.25) is 0 Å². The van der Waals surface area contributed by atoms with Gasteiger partial charge in [-0.05, 0) is 43.7 Å². The van der Waals surface area contributed by atoms with Gasteiger partial charge in [0.05, 0.1) is 12.5 Å². The molecular weight excluding hydrogens is 226 g/mol. The molecule has 1 aliphatic carbocycles. The first-order chi connectivity index (χ1) is 8.70. The smallest absolute Gasteiger partial charge is 0.119 e. The summed E-state index contributed by atoms with van der Waals surface area (Å²) in [4.78, 5) is 2.33. The van der Waals surface area contributed by atoms with Gasteiger partial charge < -0.3 is 15.4 Å². The highest BCUT2D eigenvalue weighted by atomic mass is 16.5. The lowest BCUT2D eigenvalue weighted by Crippen LogP contribution is -2.26. The van der Waals surface area contributed by atoms with Gasteiger partial charge in [0.15, 0.2) is 0 Å². The van der Waals surface area contributed by atoms with Crippen LogP contribution in [0.3, 0.4) is 0 Å². The van der Waals surface area contributed by atoms with Crippen LogP contribution >= 0.6 is 0 Å². The molecule has 0 aliphatic heterocycles. The normalized spacial score (nSPS) is 14.5. The molecule has 1 fully saturated rings. The van der Waals surface area contributed by atoms with Gasteiger partial charge >= 0.3 is 0 Å². The number of hydrogen-bond donors (Lipinski definition) is 1. The Morgan fingerprint density at radius 3 is 2.94 bits per heavy atom. The minimum atomic E-state index is 0.324. The van der Waals surface area contributed by atoms with E-state index in [0.29, 0.717) is 18.7 Å². The van der Waals surface area contributed by atoms with Crippen molar-refractivity contribution in [2.75, 3.05) is 25.9 Å². The van der Waals surface area contributed by atoms with Gasteiger partial charge in [-0.1, -0.05) is 0 Å². The molecule has 2 rings (SSSR count). The second-order valence-corrected chi connectivity index (χ2v) is 4.76. The topological polar surface area (TPSA) is 62.3 Å². The highest BCUT2D eigenvalue weighted by molar-refractivity contribution is 5.51. The number of anilines is 1. The number of nitrogen functional groups attached to an aromatic ring is 1. The molecule has 18 heavy (non-hydrogen) atoms. The molecule has 0 amide bonds. The van der Waals surface area contributed by atoms with Crippen molar-refractivity contribution < 1.29 is 4.74 Å². The van der Waals surface area contributed by atoms with Gasteiger partial charge in [-0.25, -0.2) is 0 Å². The first-order valence-corrected chi connectivity index (χ1v) is 6.29. The fourth-order valence-corrected chi connectivity index (χ4v) is 1.92. The SMILES string of the molecule is CN(CCOc1ccc(N)c(CC#N)c1)C1CC1. The zero-order valence-corrected chi connectivity index (χ0v) is 10.7. The predicted molar refractivity (Wildman–Crippen MR) is 71.3 cm³/mol. The minimum Gasteiger partial charge on any atom is -0.492 e. The van der Waals surface area contributed by atoms with E-state index >= 15 is 0 Å². The van der Waals surface area contributed by atoms with E-state index in [2.05, 4.69) is 18.0 Å². The molecule has 1 saturated carbocycles. The molecule has 1 aromatic rings. The summed E-state index contributed by atoms with van der Waals surface area (Å²) in [6, 6.07) is 8.37. The average molecular weight is 245 g/mol. The van der Waals surface area contributed by atoms with Crippen LogP contribution in [0, 0.1) is 11.3 Å². The summed E-state index contributed by atoms with van der Waals surface area (Å²) in [5.41, 5.74) is 7.28. The number of rotatable bonds is 6. The molecule has 0 bridgehead atoms. The number of likely N-dealkylation sites (N-methyl/N-ethyl adjacent to an activating group) is 1. The van der Waals surface area contributed by atoms with Crippen LogP contribution in [-0.4, -0.2) is 31.1 Å². The van der Waals surface area contributed by atoms with E-state index in [9.17, 15) is 0 Å². The number of nitrogens with zero attached hydrogens (tertiary/aromatic N) is 2. The predicted octanol–water partition coefficient (Wildman–Crippen LogP) is 1.81. The summed E-state index contributed by atoms with van der Waals surface area (Å²) in [6.45, 7) is 1.60. The second kappa shape index (κ2) is 5.74. The molecule has 0 saturated heterocycles. The van der Waals surface area contributed by atoms with E-state index in [0.717, 1.165) is 23.9 Å². The van der Waals surface area contributed by atoms with Gasteiger partial charge in [-0.15, -0.1) is 0 Å². The first kappa shape index (κ1) is 12.7. The van der Waals surface area contributed by atoms with E-state index in [1.807, 2.05) is 12.1 Å². The fraction of sp³-hybridized carbons (Fsp3) is 0.500. The van der Waals surface area contributed by atoms with Crippen LogP contribution in [-0.2, 0) is 6.42 Å². The van der Waals surface area contributed by atoms with Crippen molar-refractivity contribution in [2.45, 2.75) is 25.3 Å². The highest BCUT2D eigenvalue weighted by Gasteiger charge is 2.25. The standard InChI is InChI=1S/C14H19N3O/c1-17(12-2-3-12)8-9-18-13-4-5-14(16)11(10-13)6-7-15/h4-5,10,12H,2-3,6,8-9,16H2,1H3. The molecule has 0 heterocycles. The van der Waals surface area contributed by atoms with Crippen molar-refractivity contribution in [2.24, 2.45) is 0 Å². The molecular formula is C14H19N3O. The Bertz CT molecular complexity index is 449. The van der Waals surface area contributed by atoms with Crippen molar-refractivity contribution in [3.05, 3.63) is 23.8 Å². The van der Waals surface area contributed by atoms with E-state index in [-0.39, 0.29) is 0 Å². The molecule has 96 valence electrons. The molecule has 0 aromatic heterocycles. The third kappa shape index (κ3) is 3.38. The average Bonchev–Trinajstić information content (AvgIpc) is 3.17. The first-order valence-electron chi connectivity index (χ1n) is 6.29. The minimum absolute atomic E-state index is 0.324. The second-order valence-electron chi connectivity index (χ2n) is 4.76. The summed E-state index contributed by atoms with van der Waals surface area (Å²) in [7, 11) is 2.13. The van der Waals surface area contributed by atoms with E-state index in [4.69, 9.17) is 15.7 Å². The molecule has 2 N–H and O–H groups in total. The van der Waals surface area contributed by atoms with E-state index in [1.54, 1.807) is 6.07 Å². The molecule has 0 atom stereocenters. The van der Waals surface area contributed by atoms with Crippen LogP contribution in [0.4, 0.5) is 5.69 Å². The molecule has 0 spiro atoms. The van der Waals surface area contributed by atoms with Crippen molar-refractivity contribution in [3.63, 3.8) is 0 Å². The zero-order chi connectivity index (χ0) is 13.0. The largest absolute Gasteiger partial charge is 0.492 e. The van der Waals surface area contributed by atoms with E-state index in [1.165, 1.54) is 12.8 Å². The zero-order valence-electron chi connectivity index (χ0n) is 10.7. The molecule has 4 heteroatoms. The number of nitrogens with two attached hydrogens (primary N) is 1. The molecule has 0 radical (unpaired) electrons. The van der Waals surface area contributed by atoms with Gasteiger partial charge in [-0.2, -0.15) is 5.26 Å². The third-order valence-electron chi connectivity index (χ3n) is 3.27. The summed E-state index contributed by atoms with van der Waals surface area (Å²) in [5.74, 6) is 0.790. The number of hydrogen-bond acceptors (Lipinski definition) is 4. The monoisotopic (exact) mass is 245 g/mol. The Labute approximate surface area is 108 Å². The van der Waals surface area contributed by atoms with Crippen molar-refractivity contribution in [3.8, 4) is 11.8 Å². The van der Waals surface area contributed by atoms with Crippen LogP contribution in [0.5, 0.6) is 5.75 Å². The van der Waals surface area contributed by atoms with Crippen LogP contribution in [0.15, 0.2) is 18.2 Å². The number of benzene rings is 1. The number of ether oxygens (including phenoxy) is 1. The van der Waals surface area contributed by atoms with Crippen molar-refractivity contribution >= 4 is 5.69 Å². The van der Waals surface area contributed by atoms with E-state index < -0.39 is 0 Å². The maximum Gasteiger partial charge on any atom is 0.119 e. The van der Waals surface area contributed by atoms with Gasteiger partial charge in [0.25, 0.3) is 0 Å². The van der Waals surface area contributed by atoms with Crippen LogP contribution in [0.25, 0.3) is 0 Å². The lowest BCUT2D eigenvalue weighted by Gasteiger charge is -2.16. The lowest BCUT2D eigenvalue weighted by molar-refractivity contribution is 0.232. The Morgan fingerprint density at radius 1 is 1.50 bits per heavy atom. The Balaban J connectivity index is 1.85. The number of nitriles is 1. The Hall–Kier alpha value is -1.73. The molecule has 1 aliphatic rings. The maximum absolute atomic E-state index is 8.70. The van der Waals surface area contributed by atoms with Crippen molar-refractivity contribution in [1.29, 1.82) is 5.26 Å². The summed E-state index contributed by atoms with van der Waals surface area (Å²) < 4.78 is 5.69. The van der Waals surface area contributed by atoms with Gasteiger partial charge in [0.1, 0.15) is 12.4 Å². The van der Waals surface area contributed by atoms with Crippen LogP contribution in [0.1, 0.15) is 18.4 Å².